The molecule has 0 bridgehead atoms. The van der Waals surface area contributed by atoms with Gasteiger partial charge in [-0.05, 0) is 55.8 Å². The van der Waals surface area contributed by atoms with Crippen molar-refractivity contribution in [3.63, 3.8) is 0 Å². The van der Waals surface area contributed by atoms with Crippen molar-refractivity contribution in [2.45, 2.75) is 44.1 Å². The van der Waals surface area contributed by atoms with E-state index in [2.05, 4.69) is 37.9 Å². The Balaban J connectivity index is 4.74. The van der Waals surface area contributed by atoms with Gasteiger partial charge in [0.25, 0.3) is 0 Å². The third kappa shape index (κ3) is 8.90. The normalized spacial score (nSPS) is 12.3. The highest BCUT2D eigenvalue weighted by atomic mass is 32.1. The van der Waals surface area contributed by atoms with Crippen molar-refractivity contribution in [2.75, 3.05) is 31.5 Å². The van der Waals surface area contributed by atoms with Gasteiger partial charge in [0.2, 0.25) is 0 Å². The molecular weight excluding hydrogens is 316 g/mol. The first-order valence-electron chi connectivity index (χ1n) is 6.64. The third-order valence-corrected chi connectivity index (χ3v) is 5.22. The Labute approximate surface area is 136 Å². The van der Waals surface area contributed by atoms with Gasteiger partial charge in [0.1, 0.15) is 0 Å². The predicted octanol–water partition coefficient (Wildman–Crippen LogP) is 3.15. The molecule has 0 atom stereocenters. The average molecular weight is 344 g/mol. The van der Waals surface area contributed by atoms with Crippen molar-refractivity contribution in [3.8, 4) is 0 Å². The van der Waals surface area contributed by atoms with Crippen LogP contribution in [-0.2, 0) is 13.3 Å². The first kappa shape index (κ1) is 20.1. The van der Waals surface area contributed by atoms with Crippen LogP contribution in [0.1, 0.15) is 38.5 Å². The smallest absolute Gasteiger partial charge is 0.375 e. The number of rotatable bonds is 13. The summed E-state index contributed by atoms with van der Waals surface area (Å²) < 4.78 is 16.8. The van der Waals surface area contributed by atoms with Crippen molar-refractivity contribution in [2.24, 2.45) is 0 Å². The zero-order valence-corrected chi connectivity index (χ0v) is 15.6. The summed E-state index contributed by atoms with van der Waals surface area (Å²) >= 11 is 12.9. The standard InChI is InChI=1S/C12H27O3S3Si/c1-13-19(14-2)15-12(6-3-9-16,7-4-10-17)8-5-11-18/h16-18H,3-11H2,1-2H3. The van der Waals surface area contributed by atoms with Gasteiger partial charge in [-0.25, -0.2) is 0 Å². The molecule has 0 spiro atoms. The second kappa shape index (κ2) is 12.9. The summed E-state index contributed by atoms with van der Waals surface area (Å²) in [6.45, 7) is 0. The SMILES string of the molecule is CO[Si](OC)OC(CCCS)(CCCS)CCCS. The third-order valence-electron chi connectivity index (χ3n) is 3.00. The van der Waals surface area contributed by atoms with E-state index in [0.717, 1.165) is 55.8 Å². The molecule has 0 aromatic heterocycles. The second-order valence-corrected chi connectivity index (χ2v) is 7.29. The van der Waals surface area contributed by atoms with E-state index in [1.54, 1.807) is 14.2 Å². The lowest BCUT2D eigenvalue weighted by atomic mass is 9.88. The maximum absolute atomic E-state index is 6.20. The molecular formula is C12H27O3S3Si. The Morgan fingerprint density at radius 2 is 1.16 bits per heavy atom. The topological polar surface area (TPSA) is 27.7 Å². The van der Waals surface area contributed by atoms with Gasteiger partial charge in [0.05, 0.1) is 5.60 Å². The molecule has 0 aliphatic carbocycles. The minimum atomic E-state index is -1.64. The van der Waals surface area contributed by atoms with Crippen molar-refractivity contribution in [1.29, 1.82) is 0 Å². The lowest BCUT2D eigenvalue weighted by molar-refractivity contribution is -0.0157. The predicted molar refractivity (Wildman–Crippen MR) is 92.8 cm³/mol. The van der Waals surface area contributed by atoms with Crippen molar-refractivity contribution in [1.82, 2.24) is 0 Å². The maximum Gasteiger partial charge on any atom is 0.577 e. The molecule has 0 aliphatic rings. The van der Waals surface area contributed by atoms with Gasteiger partial charge < -0.3 is 13.3 Å². The van der Waals surface area contributed by atoms with Crippen LogP contribution in [0, 0.1) is 0 Å². The fourth-order valence-corrected chi connectivity index (χ4v) is 3.54. The van der Waals surface area contributed by atoms with Crippen LogP contribution in [0.5, 0.6) is 0 Å². The van der Waals surface area contributed by atoms with E-state index in [0.29, 0.717) is 0 Å². The zero-order chi connectivity index (χ0) is 14.6. The molecule has 0 aliphatic heterocycles. The van der Waals surface area contributed by atoms with Crippen LogP contribution in [-0.4, -0.2) is 46.6 Å². The molecule has 0 amide bonds. The van der Waals surface area contributed by atoms with Crippen LogP contribution in [0.25, 0.3) is 0 Å². The Bertz CT molecular complexity index is 185. The minimum Gasteiger partial charge on any atom is -0.375 e. The lowest BCUT2D eigenvalue weighted by Crippen LogP contribution is -2.41. The van der Waals surface area contributed by atoms with Crippen LogP contribution in [0.4, 0.5) is 0 Å². The largest absolute Gasteiger partial charge is 0.577 e. The minimum absolute atomic E-state index is 0.172. The maximum atomic E-state index is 6.20. The molecule has 7 heteroatoms. The summed E-state index contributed by atoms with van der Waals surface area (Å²) in [6.07, 6.45) is 6.05. The van der Waals surface area contributed by atoms with Crippen LogP contribution in [0.2, 0.25) is 0 Å². The Morgan fingerprint density at radius 3 is 1.42 bits per heavy atom. The zero-order valence-electron chi connectivity index (χ0n) is 11.9. The van der Waals surface area contributed by atoms with Gasteiger partial charge in [-0.3, -0.25) is 0 Å². The van der Waals surface area contributed by atoms with E-state index in [4.69, 9.17) is 13.3 Å². The highest BCUT2D eigenvalue weighted by molar-refractivity contribution is 7.80. The highest BCUT2D eigenvalue weighted by Crippen LogP contribution is 2.31. The molecule has 0 saturated heterocycles. The Hall–Kier alpha value is 1.15. The quantitative estimate of drug-likeness (QED) is 0.354. The molecule has 3 nitrogen and oxygen atoms in total. The molecule has 0 heterocycles. The summed E-state index contributed by atoms with van der Waals surface area (Å²) in [4.78, 5) is 0. The number of thiol groups is 3. The summed E-state index contributed by atoms with van der Waals surface area (Å²) in [7, 11) is 1.63. The van der Waals surface area contributed by atoms with Gasteiger partial charge in [0.15, 0.2) is 0 Å². The second-order valence-electron chi connectivity index (χ2n) is 4.42. The van der Waals surface area contributed by atoms with E-state index in [-0.39, 0.29) is 5.60 Å². The molecule has 0 N–H and O–H groups in total. The molecule has 0 aromatic carbocycles. The first-order chi connectivity index (χ1) is 9.17. The summed E-state index contributed by atoms with van der Waals surface area (Å²) in [5.74, 6) is 2.61. The molecule has 1 radical (unpaired) electrons. The van der Waals surface area contributed by atoms with Crippen LogP contribution >= 0.6 is 37.9 Å². The summed E-state index contributed by atoms with van der Waals surface area (Å²) in [5.41, 5.74) is -0.172. The molecule has 0 aromatic rings. The molecule has 19 heavy (non-hydrogen) atoms. The van der Waals surface area contributed by atoms with E-state index in [1.807, 2.05) is 0 Å². The van der Waals surface area contributed by atoms with Crippen molar-refractivity contribution < 1.29 is 13.3 Å². The summed E-state index contributed by atoms with van der Waals surface area (Å²) in [5, 5.41) is 0. The fourth-order valence-electron chi connectivity index (χ4n) is 2.08. The monoisotopic (exact) mass is 343 g/mol. The number of hydrogen-bond donors (Lipinski definition) is 3. The molecule has 0 saturated carbocycles. The highest BCUT2D eigenvalue weighted by Gasteiger charge is 2.35. The van der Waals surface area contributed by atoms with Crippen LogP contribution < -0.4 is 0 Å². The van der Waals surface area contributed by atoms with E-state index in [1.165, 1.54) is 0 Å². The Kier molecular flexibility index (Phi) is 13.6. The molecule has 0 fully saturated rings. The van der Waals surface area contributed by atoms with Gasteiger partial charge in [0, 0.05) is 14.2 Å². The Morgan fingerprint density at radius 1 is 0.789 bits per heavy atom. The fraction of sp³-hybridized carbons (Fsp3) is 1.00. The van der Waals surface area contributed by atoms with Crippen molar-refractivity contribution in [3.05, 3.63) is 0 Å². The average Bonchev–Trinajstić information content (AvgIpc) is 2.45. The molecule has 0 unspecified atom stereocenters. The van der Waals surface area contributed by atoms with Crippen LogP contribution in [0.3, 0.4) is 0 Å². The van der Waals surface area contributed by atoms with Gasteiger partial charge >= 0.3 is 9.53 Å². The van der Waals surface area contributed by atoms with Crippen molar-refractivity contribution >= 4 is 47.4 Å². The summed E-state index contributed by atoms with van der Waals surface area (Å²) in [6, 6.07) is 0. The van der Waals surface area contributed by atoms with Gasteiger partial charge in [-0.2, -0.15) is 37.9 Å². The molecule has 115 valence electrons. The van der Waals surface area contributed by atoms with Crippen LogP contribution in [0.15, 0.2) is 0 Å². The lowest BCUT2D eigenvalue weighted by Gasteiger charge is -2.35. The van der Waals surface area contributed by atoms with E-state index < -0.39 is 9.53 Å². The molecule has 0 rings (SSSR count). The van der Waals surface area contributed by atoms with Gasteiger partial charge in [-0.1, -0.05) is 0 Å². The van der Waals surface area contributed by atoms with Gasteiger partial charge in [-0.15, -0.1) is 0 Å². The van der Waals surface area contributed by atoms with E-state index >= 15 is 0 Å². The number of hydrogen-bond acceptors (Lipinski definition) is 6. The van der Waals surface area contributed by atoms with E-state index in [9.17, 15) is 0 Å². The first-order valence-corrected chi connectivity index (χ1v) is 9.76.